The van der Waals surface area contributed by atoms with Crippen molar-refractivity contribution in [3.8, 4) is 11.4 Å². The molecule has 0 spiro atoms. The Hall–Kier alpha value is -3.02. The quantitative estimate of drug-likeness (QED) is 0.737. The van der Waals surface area contributed by atoms with E-state index in [4.69, 9.17) is 4.74 Å². The van der Waals surface area contributed by atoms with Gasteiger partial charge in [0.05, 0.1) is 12.3 Å². The van der Waals surface area contributed by atoms with E-state index in [2.05, 4.69) is 20.2 Å². The molecule has 0 saturated heterocycles. The van der Waals surface area contributed by atoms with Crippen LogP contribution in [0, 0.1) is 20.8 Å². The topological polar surface area (TPSA) is 80.8 Å². The molecule has 6 nitrogen and oxygen atoms in total. The average molecular weight is 338 g/mol. The van der Waals surface area contributed by atoms with Crippen molar-refractivity contribution in [2.75, 3.05) is 6.61 Å². The smallest absolute Gasteiger partial charge is 0.356 e. The van der Waals surface area contributed by atoms with E-state index in [-0.39, 0.29) is 5.97 Å². The molecule has 0 saturated carbocycles. The number of aromatic nitrogens is 4. The maximum atomic E-state index is 11.1. The fourth-order valence-corrected chi connectivity index (χ4v) is 2.10. The van der Waals surface area contributed by atoms with Gasteiger partial charge in [0.15, 0.2) is 0 Å². The van der Waals surface area contributed by atoms with Crippen molar-refractivity contribution >= 4 is 5.97 Å². The maximum absolute atomic E-state index is 11.1. The number of nitrogens with one attached hydrogen (secondary N) is 1. The standard InChI is InChI=1S/C10H11N3.C9H11NO2/c1-7-4-3-5-9(11-7)10-6-8(2)12-13-10;1-3-12-9(11)8-6-4-5-7(2)10-8/h3-6H,1-2H3,(H,12,13);4-6H,3H2,1-2H3. The van der Waals surface area contributed by atoms with E-state index in [1.807, 2.05) is 51.1 Å². The molecule has 25 heavy (non-hydrogen) atoms. The van der Waals surface area contributed by atoms with Gasteiger partial charge in [-0.2, -0.15) is 5.10 Å². The van der Waals surface area contributed by atoms with Gasteiger partial charge in [-0.15, -0.1) is 0 Å². The number of carbonyl (C=O) groups is 1. The zero-order valence-electron chi connectivity index (χ0n) is 14.9. The van der Waals surface area contributed by atoms with Crippen molar-refractivity contribution in [1.82, 2.24) is 20.2 Å². The third-order valence-corrected chi connectivity index (χ3v) is 3.23. The SMILES string of the molecule is CCOC(=O)c1cccc(C)n1.Cc1cccc(-c2cc(C)[nH]n2)n1. The number of ether oxygens (including phenoxy) is 1. The third-order valence-electron chi connectivity index (χ3n) is 3.23. The number of esters is 1. The molecule has 0 aliphatic carbocycles. The Morgan fingerprint density at radius 3 is 2.24 bits per heavy atom. The molecule has 3 heterocycles. The summed E-state index contributed by atoms with van der Waals surface area (Å²) in [4.78, 5) is 19.5. The molecule has 0 amide bonds. The van der Waals surface area contributed by atoms with E-state index >= 15 is 0 Å². The van der Waals surface area contributed by atoms with Crippen molar-refractivity contribution in [1.29, 1.82) is 0 Å². The molecule has 0 atom stereocenters. The molecule has 0 aliphatic heterocycles. The van der Waals surface area contributed by atoms with Gasteiger partial charge in [0.1, 0.15) is 11.4 Å². The number of nitrogens with zero attached hydrogens (tertiary/aromatic N) is 3. The van der Waals surface area contributed by atoms with Gasteiger partial charge in [0, 0.05) is 17.1 Å². The zero-order valence-corrected chi connectivity index (χ0v) is 14.9. The highest BCUT2D eigenvalue weighted by atomic mass is 16.5. The molecule has 130 valence electrons. The van der Waals surface area contributed by atoms with Crippen molar-refractivity contribution in [3.05, 3.63) is 65.2 Å². The van der Waals surface area contributed by atoms with Gasteiger partial charge >= 0.3 is 5.97 Å². The van der Waals surface area contributed by atoms with Gasteiger partial charge in [-0.05, 0) is 58.0 Å². The molecule has 3 aromatic heterocycles. The van der Waals surface area contributed by atoms with Crippen LogP contribution >= 0.6 is 0 Å². The van der Waals surface area contributed by atoms with Crippen LogP contribution in [0.25, 0.3) is 11.4 Å². The van der Waals surface area contributed by atoms with Crippen molar-refractivity contribution in [2.24, 2.45) is 0 Å². The van der Waals surface area contributed by atoms with Gasteiger partial charge in [-0.25, -0.2) is 9.78 Å². The molecular weight excluding hydrogens is 316 g/mol. The van der Waals surface area contributed by atoms with Gasteiger partial charge < -0.3 is 4.74 Å². The maximum Gasteiger partial charge on any atom is 0.356 e. The largest absolute Gasteiger partial charge is 0.461 e. The highest BCUT2D eigenvalue weighted by molar-refractivity contribution is 5.87. The Morgan fingerprint density at radius 1 is 1.00 bits per heavy atom. The molecule has 0 fully saturated rings. The summed E-state index contributed by atoms with van der Waals surface area (Å²) < 4.78 is 4.78. The summed E-state index contributed by atoms with van der Waals surface area (Å²) in [5.74, 6) is -0.360. The van der Waals surface area contributed by atoms with Crippen molar-refractivity contribution in [3.63, 3.8) is 0 Å². The van der Waals surface area contributed by atoms with Crippen LogP contribution in [-0.2, 0) is 4.74 Å². The number of carbonyl (C=O) groups excluding carboxylic acids is 1. The first-order chi connectivity index (χ1) is 12.0. The lowest BCUT2D eigenvalue weighted by Gasteiger charge is -2.00. The lowest BCUT2D eigenvalue weighted by atomic mass is 10.2. The highest BCUT2D eigenvalue weighted by Crippen LogP contribution is 2.14. The van der Waals surface area contributed by atoms with Crippen molar-refractivity contribution < 1.29 is 9.53 Å². The Balaban J connectivity index is 0.000000181. The van der Waals surface area contributed by atoms with E-state index < -0.39 is 0 Å². The van der Waals surface area contributed by atoms with Crippen LogP contribution in [0.15, 0.2) is 42.5 Å². The summed E-state index contributed by atoms with van der Waals surface area (Å²) in [6, 6.07) is 13.2. The molecule has 0 unspecified atom stereocenters. The summed E-state index contributed by atoms with van der Waals surface area (Å²) in [5.41, 5.74) is 5.08. The molecular formula is C19H22N4O2. The molecule has 1 N–H and O–H groups in total. The summed E-state index contributed by atoms with van der Waals surface area (Å²) >= 11 is 0. The van der Waals surface area contributed by atoms with E-state index in [9.17, 15) is 4.79 Å². The summed E-state index contributed by atoms with van der Waals surface area (Å²) in [5, 5.41) is 7.04. The lowest BCUT2D eigenvalue weighted by molar-refractivity contribution is 0.0519. The predicted molar refractivity (Wildman–Crippen MR) is 96.2 cm³/mol. The third kappa shape index (κ3) is 5.53. The number of pyridine rings is 2. The van der Waals surface area contributed by atoms with Gasteiger partial charge in [0.25, 0.3) is 0 Å². The Labute approximate surface area is 147 Å². The normalized spacial score (nSPS) is 9.92. The predicted octanol–water partition coefficient (Wildman–Crippen LogP) is 3.66. The number of hydrogen-bond donors (Lipinski definition) is 1. The van der Waals surface area contributed by atoms with Gasteiger partial charge in [-0.3, -0.25) is 10.1 Å². The first-order valence-electron chi connectivity index (χ1n) is 8.06. The molecule has 0 aliphatic rings. The first kappa shape index (κ1) is 18.3. The van der Waals surface area contributed by atoms with Crippen LogP contribution < -0.4 is 0 Å². The number of hydrogen-bond acceptors (Lipinski definition) is 5. The Bertz CT molecular complexity index is 843. The number of aromatic amines is 1. The summed E-state index contributed by atoms with van der Waals surface area (Å²) in [6.45, 7) is 7.94. The molecule has 0 bridgehead atoms. The molecule has 3 rings (SSSR count). The Morgan fingerprint density at radius 2 is 1.68 bits per heavy atom. The van der Waals surface area contributed by atoms with Crippen LogP contribution in [0.3, 0.4) is 0 Å². The molecule has 6 heteroatoms. The number of H-pyrrole nitrogens is 1. The van der Waals surface area contributed by atoms with E-state index in [1.54, 1.807) is 19.1 Å². The summed E-state index contributed by atoms with van der Waals surface area (Å²) in [7, 11) is 0. The fraction of sp³-hybridized carbons (Fsp3) is 0.263. The first-order valence-corrected chi connectivity index (χ1v) is 8.06. The van der Waals surface area contributed by atoms with E-state index in [0.717, 1.165) is 28.5 Å². The zero-order chi connectivity index (χ0) is 18.2. The van der Waals surface area contributed by atoms with Crippen LogP contribution in [-0.4, -0.2) is 32.7 Å². The lowest BCUT2D eigenvalue weighted by Crippen LogP contribution is -2.07. The van der Waals surface area contributed by atoms with Crippen LogP contribution in [0.5, 0.6) is 0 Å². The van der Waals surface area contributed by atoms with Gasteiger partial charge in [0.2, 0.25) is 0 Å². The van der Waals surface area contributed by atoms with E-state index in [0.29, 0.717) is 12.3 Å². The second kappa shape index (κ2) is 8.73. The minimum Gasteiger partial charge on any atom is -0.461 e. The monoisotopic (exact) mass is 338 g/mol. The fourth-order valence-electron chi connectivity index (χ4n) is 2.10. The molecule has 0 aromatic carbocycles. The van der Waals surface area contributed by atoms with E-state index in [1.165, 1.54) is 0 Å². The Kier molecular flexibility index (Phi) is 6.39. The van der Waals surface area contributed by atoms with Crippen molar-refractivity contribution in [2.45, 2.75) is 27.7 Å². The highest BCUT2D eigenvalue weighted by Gasteiger charge is 2.06. The number of rotatable bonds is 3. The van der Waals surface area contributed by atoms with Gasteiger partial charge in [-0.1, -0.05) is 12.1 Å². The second-order valence-electron chi connectivity index (χ2n) is 5.49. The minimum absolute atomic E-state index is 0.360. The second-order valence-corrected chi connectivity index (χ2v) is 5.49. The molecule has 0 radical (unpaired) electrons. The minimum atomic E-state index is -0.360. The van der Waals surface area contributed by atoms with Crippen LogP contribution in [0.4, 0.5) is 0 Å². The van der Waals surface area contributed by atoms with Crippen LogP contribution in [0.1, 0.15) is 34.5 Å². The van der Waals surface area contributed by atoms with Crippen LogP contribution in [0.2, 0.25) is 0 Å². The molecule has 3 aromatic rings. The average Bonchev–Trinajstić information content (AvgIpc) is 3.02. The summed E-state index contributed by atoms with van der Waals surface area (Å²) in [6.07, 6.45) is 0. The number of aryl methyl sites for hydroxylation is 3.